The summed E-state index contributed by atoms with van der Waals surface area (Å²) in [7, 11) is 0. The lowest BCUT2D eigenvalue weighted by Crippen LogP contribution is -2.47. The number of rotatable bonds is 1. The fourth-order valence-electron chi connectivity index (χ4n) is 4.11. The van der Waals surface area contributed by atoms with Crippen LogP contribution in [0.15, 0.2) is 0 Å². The highest BCUT2D eigenvalue weighted by Gasteiger charge is 2.43. The van der Waals surface area contributed by atoms with Crippen molar-refractivity contribution in [1.82, 2.24) is 4.90 Å². The zero-order valence-electron chi connectivity index (χ0n) is 9.66. The van der Waals surface area contributed by atoms with E-state index in [4.69, 9.17) is 0 Å². The van der Waals surface area contributed by atoms with Crippen molar-refractivity contribution in [3.05, 3.63) is 0 Å². The van der Waals surface area contributed by atoms with Crippen molar-refractivity contribution >= 4 is 15.9 Å². The minimum Gasteiger partial charge on any atom is -0.300 e. The molecule has 3 aliphatic rings. The zero-order chi connectivity index (χ0) is 10.4. The minimum absolute atomic E-state index is 0.771. The van der Waals surface area contributed by atoms with Crippen molar-refractivity contribution in [1.29, 1.82) is 0 Å². The van der Waals surface area contributed by atoms with Crippen molar-refractivity contribution in [2.45, 2.75) is 49.9 Å². The molecule has 0 aromatic carbocycles. The van der Waals surface area contributed by atoms with Crippen LogP contribution in [0.1, 0.15) is 39.0 Å². The zero-order valence-corrected chi connectivity index (χ0v) is 11.2. The van der Waals surface area contributed by atoms with Gasteiger partial charge in [-0.1, -0.05) is 29.3 Å². The first-order valence-electron chi connectivity index (χ1n) is 6.62. The number of alkyl halides is 1. The van der Waals surface area contributed by atoms with Crippen LogP contribution < -0.4 is 0 Å². The molecule has 0 radical (unpaired) electrons. The summed E-state index contributed by atoms with van der Waals surface area (Å²) in [6.07, 6.45) is 7.48. The normalized spacial score (nSPS) is 51.2. The highest BCUT2D eigenvalue weighted by atomic mass is 79.9. The maximum atomic E-state index is 3.80. The third-order valence-corrected chi connectivity index (χ3v) is 6.36. The molecule has 86 valence electrons. The van der Waals surface area contributed by atoms with Gasteiger partial charge >= 0.3 is 0 Å². The molecule has 0 amide bonds. The molecule has 5 atom stereocenters. The molecule has 15 heavy (non-hydrogen) atoms. The average molecular weight is 272 g/mol. The van der Waals surface area contributed by atoms with Gasteiger partial charge in [0.25, 0.3) is 0 Å². The van der Waals surface area contributed by atoms with Gasteiger partial charge in [0.05, 0.1) is 0 Å². The second-order valence-electron chi connectivity index (χ2n) is 6.02. The highest BCUT2D eigenvalue weighted by molar-refractivity contribution is 9.09. The van der Waals surface area contributed by atoms with Crippen LogP contribution >= 0.6 is 15.9 Å². The first-order valence-corrected chi connectivity index (χ1v) is 7.53. The Kier molecular flexibility index (Phi) is 2.84. The number of hydrogen-bond donors (Lipinski definition) is 0. The monoisotopic (exact) mass is 271 g/mol. The molecule has 0 N–H and O–H groups in total. The molecule has 5 unspecified atom stereocenters. The van der Waals surface area contributed by atoms with Crippen LogP contribution in [0.4, 0.5) is 0 Å². The van der Waals surface area contributed by atoms with Crippen molar-refractivity contribution in [2.24, 2.45) is 17.8 Å². The topological polar surface area (TPSA) is 3.24 Å². The predicted molar refractivity (Wildman–Crippen MR) is 67.3 cm³/mol. The van der Waals surface area contributed by atoms with E-state index in [2.05, 4.69) is 27.8 Å². The van der Waals surface area contributed by atoms with Crippen LogP contribution in [0.2, 0.25) is 0 Å². The van der Waals surface area contributed by atoms with Gasteiger partial charge in [-0.15, -0.1) is 0 Å². The maximum Gasteiger partial charge on any atom is 0.0195 e. The second kappa shape index (κ2) is 4.03. The summed E-state index contributed by atoms with van der Waals surface area (Å²) in [5.74, 6) is 3.00. The first-order chi connectivity index (χ1) is 7.24. The van der Waals surface area contributed by atoms with Crippen LogP contribution in [0.5, 0.6) is 0 Å². The Morgan fingerprint density at radius 2 is 2.00 bits per heavy atom. The molecule has 1 nitrogen and oxygen atoms in total. The number of hydrogen-bond acceptors (Lipinski definition) is 1. The molecule has 2 bridgehead atoms. The van der Waals surface area contributed by atoms with E-state index in [9.17, 15) is 0 Å². The van der Waals surface area contributed by atoms with Gasteiger partial charge < -0.3 is 0 Å². The van der Waals surface area contributed by atoms with Crippen LogP contribution in [-0.2, 0) is 0 Å². The fraction of sp³-hybridized carbons (Fsp3) is 1.00. The van der Waals surface area contributed by atoms with Crippen LogP contribution in [0.25, 0.3) is 0 Å². The maximum absolute atomic E-state index is 3.80. The fourth-order valence-corrected chi connectivity index (χ4v) is 4.48. The summed E-state index contributed by atoms with van der Waals surface area (Å²) in [5, 5.41) is 0. The quantitative estimate of drug-likeness (QED) is 0.662. The molecular weight excluding hydrogens is 250 g/mol. The van der Waals surface area contributed by atoms with Gasteiger partial charge in [-0.2, -0.15) is 0 Å². The molecule has 1 aliphatic heterocycles. The number of halogens is 1. The summed E-state index contributed by atoms with van der Waals surface area (Å²) < 4.78 is 0. The van der Waals surface area contributed by atoms with E-state index in [0.29, 0.717) is 0 Å². The van der Waals surface area contributed by atoms with E-state index in [0.717, 1.165) is 28.6 Å². The molecular formula is C13H22BrN. The molecule has 0 aromatic heterocycles. The van der Waals surface area contributed by atoms with E-state index < -0.39 is 0 Å². The molecule has 2 heteroatoms. The Morgan fingerprint density at radius 3 is 2.60 bits per heavy atom. The van der Waals surface area contributed by atoms with Gasteiger partial charge in [0.1, 0.15) is 0 Å². The first kappa shape index (κ1) is 10.6. The summed E-state index contributed by atoms with van der Waals surface area (Å²) in [6, 6.07) is 0.964. The lowest BCUT2D eigenvalue weighted by Gasteiger charge is -2.41. The summed E-state index contributed by atoms with van der Waals surface area (Å²) in [6.45, 7) is 5.08. The van der Waals surface area contributed by atoms with Gasteiger partial charge in [-0.05, 0) is 50.0 Å². The number of likely N-dealkylation sites (tertiary alicyclic amines) is 1. The van der Waals surface area contributed by atoms with E-state index in [-0.39, 0.29) is 0 Å². The Morgan fingerprint density at radius 1 is 1.13 bits per heavy atom. The molecule has 0 spiro atoms. The Bertz CT molecular complexity index is 243. The summed E-state index contributed by atoms with van der Waals surface area (Å²) in [5.41, 5.74) is 0. The van der Waals surface area contributed by atoms with Gasteiger partial charge in [0, 0.05) is 17.4 Å². The van der Waals surface area contributed by atoms with Gasteiger partial charge in [-0.3, -0.25) is 4.90 Å². The van der Waals surface area contributed by atoms with E-state index in [1.165, 1.54) is 38.8 Å². The SMILES string of the molecule is CC1CN(C2CC3CCC2C3)CCC1Br. The lowest BCUT2D eigenvalue weighted by molar-refractivity contribution is 0.0978. The van der Waals surface area contributed by atoms with Crippen LogP contribution in [-0.4, -0.2) is 28.9 Å². The molecule has 3 fully saturated rings. The van der Waals surface area contributed by atoms with Gasteiger partial charge in [-0.25, -0.2) is 0 Å². The highest BCUT2D eigenvalue weighted by Crippen LogP contribution is 2.47. The Labute approximate surface area is 102 Å². The van der Waals surface area contributed by atoms with Crippen LogP contribution in [0.3, 0.4) is 0 Å². The van der Waals surface area contributed by atoms with Crippen molar-refractivity contribution in [3.8, 4) is 0 Å². The Hall–Kier alpha value is 0.440. The van der Waals surface area contributed by atoms with Crippen LogP contribution in [0, 0.1) is 17.8 Å². The molecule has 3 rings (SSSR count). The molecule has 0 aromatic rings. The summed E-state index contributed by atoms with van der Waals surface area (Å²) in [4.78, 5) is 3.58. The van der Waals surface area contributed by atoms with Gasteiger partial charge in [0.2, 0.25) is 0 Å². The largest absolute Gasteiger partial charge is 0.300 e. The third kappa shape index (κ3) is 1.88. The standard InChI is InChI=1S/C13H22BrN/c1-9-8-15(5-4-12(9)14)13-7-10-2-3-11(13)6-10/h9-13H,2-8H2,1H3. The number of piperidine rings is 1. The molecule has 2 saturated carbocycles. The van der Waals surface area contributed by atoms with Crippen molar-refractivity contribution < 1.29 is 0 Å². The second-order valence-corrected chi connectivity index (χ2v) is 7.20. The number of fused-ring (bicyclic) bond motifs is 2. The molecule has 1 heterocycles. The molecule has 2 aliphatic carbocycles. The van der Waals surface area contributed by atoms with E-state index >= 15 is 0 Å². The predicted octanol–water partition coefficient (Wildman–Crippen LogP) is 3.28. The van der Waals surface area contributed by atoms with E-state index in [1.54, 1.807) is 6.42 Å². The average Bonchev–Trinajstić information content (AvgIpc) is 2.83. The Balaban J connectivity index is 1.63. The smallest absolute Gasteiger partial charge is 0.0195 e. The summed E-state index contributed by atoms with van der Waals surface area (Å²) >= 11 is 3.80. The lowest BCUT2D eigenvalue weighted by atomic mass is 9.90. The number of nitrogens with zero attached hydrogens (tertiary/aromatic N) is 1. The van der Waals surface area contributed by atoms with Crippen molar-refractivity contribution in [2.75, 3.05) is 13.1 Å². The van der Waals surface area contributed by atoms with Gasteiger partial charge in [0.15, 0.2) is 0 Å². The van der Waals surface area contributed by atoms with E-state index in [1.807, 2.05) is 0 Å². The van der Waals surface area contributed by atoms with Crippen molar-refractivity contribution in [3.63, 3.8) is 0 Å². The molecule has 1 saturated heterocycles. The minimum atomic E-state index is 0.771. The third-order valence-electron chi connectivity index (χ3n) is 5.00.